The maximum absolute atomic E-state index is 8.95. The third-order valence-electron chi connectivity index (χ3n) is 0. The number of hydrogen-bond donors (Lipinski definition) is 0. The van der Waals surface area contributed by atoms with Crippen LogP contribution in [0.2, 0.25) is 0 Å². The summed E-state index contributed by atoms with van der Waals surface area (Å²) >= 11 is 3.30. The van der Waals surface area contributed by atoms with E-state index in [1.54, 1.807) is 0 Å². The van der Waals surface area contributed by atoms with E-state index in [4.69, 9.17) is 14.4 Å². The minimum atomic E-state index is -4.78. The van der Waals surface area contributed by atoms with Crippen LogP contribution < -0.4 is 220 Å². The number of hydrogen-bond acceptors (Lipinski definition) is 4. The maximum Gasteiger partial charge on any atom is 1.00 e. The molecule has 0 N–H and O–H groups in total. The quantitative estimate of drug-likeness (QED) is 0.322. The predicted molar refractivity (Wildman–Crippen MR) is 13.1 cm³/mol. The Hall–Kier alpha value is 6.99. The summed E-state index contributed by atoms with van der Waals surface area (Å²) in [5.74, 6) is 0. The van der Waals surface area contributed by atoms with E-state index in [-0.39, 0.29) is 206 Å². The fraction of sp³-hybridized carbons (Fsp3) is 0. The summed E-state index contributed by atoms with van der Waals surface area (Å²) in [5, 5.41) is 0. The van der Waals surface area contributed by atoms with Crippen LogP contribution in [-0.4, -0.2) is 7.95 Å². The zero-order valence-corrected chi connectivity index (χ0v) is 20.4. The zero-order chi connectivity index (χ0) is 4.50. The van der Waals surface area contributed by atoms with E-state index >= 15 is 0 Å². The molecule has 0 radical (unpaired) electrons. The van der Waals surface area contributed by atoms with Crippen LogP contribution in [0.5, 0.6) is 0 Å². The molecule has 0 atom stereocenters. The van der Waals surface area contributed by atoms with Gasteiger partial charge in [-0.05, 0) is 0 Å². The molecule has 0 saturated heterocycles. The van der Waals surface area contributed by atoms with Gasteiger partial charge < -0.3 is 34.4 Å². The van der Waals surface area contributed by atoms with Crippen molar-refractivity contribution in [2.45, 2.75) is 0 Å². The van der Waals surface area contributed by atoms with Crippen molar-refractivity contribution < 1.29 is 220 Å². The van der Waals surface area contributed by atoms with Crippen molar-refractivity contribution in [3.05, 3.63) is 0 Å². The van der Waals surface area contributed by atoms with E-state index in [1.165, 1.54) is 0 Å². The molecule has 0 aromatic rings. The molecule has 0 aromatic heterocycles. The van der Waals surface area contributed by atoms with Crippen molar-refractivity contribution in [3.8, 4) is 0 Å². The molecule has 0 fully saturated rings. The molecule has 9 heavy (non-hydrogen) atoms. The summed E-state index contributed by atoms with van der Waals surface area (Å²) < 4.78 is 0. The Morgan fingerprint density at radius 3 is 0.778 bits per heavy atom. The van der Waals surface area contributed by atoms with Crippen molar-refractivity contribution >= 4 is 20.0 Å². The molecule has 0 amide bonds. The second kappa shape index (κ2) is 17.4. The Morgan fingerprint density at radius 1 is 0.778 bits per heavy atom. The third-order valence-corrected chi connectivity index (χ3v) is 0. The fourth-order valence-electron chi connectivity index (χ4n) is 0. The van der Waals surface area contributed by atoms with E-state index in [9.17, 15) is 0 Å². The summed E-state index contributed by atoms with van der Waals surface area (Å²) in [5.41, 5.74) is 0. The Balaban J connectivity index is -0.0000000133. The maximum atomic E-state index is 8.95. The van der Waals surface area contributed by atoms with Crippen LogP contribution in [0.3, 0.4) is 0 Å². The van der Waals surface area contributed by atoms with Crippen molar-refractivity contribution in [3.63, 3.8) is 0 Å². The SMILES string of the molecule is [K+].[K+].[K+].[K+].[O-][Si]([O-])([O-])[S-]. The molecule has 0 aliphatic carbocycles. The summed E-state index contributed by atoms with van der Waals surface area (Å²) in [4.78, 5) is 26.8. The van der Waals surface area contributed by atoms with Crippen molar-refractivity contribution in [2.75, 3.05) is 0 Å². The average Bonchev–Trinajstić information content (AvgIpc) is 0.722. The summed E-state index contributed by atoms with van der Waals surface area (Å²) in [6.45, 7) is 0. The first kappa shape index (κ1) is 29.7. The second-order valence-corrected chi connectivity index (χ2v) is 3.00. The van der Waals surface area contributed by atoms with Crippen LogP contribution in [0.4, 0.5) is 0 Å². The predicted octanol–water partition coefficient (Wildman–Crippen LogP) is -15.9. The molecule has 0 unspecified atom stereocenters. The van der Waals surface area contributed by atoms with Crippen molar-refractivity contribution in [1.29, 1.82) is 0 Å². The van der Waals surface area contributed by atoms with Gasteiger partial charge in [0.2, 0.25) is 0 Å². The standard InChI is InChI=1S/4K.O3SSi/c;;;;1-5(2,3)4/q4*+1;-4. The first-order valence-corrected chi connectivity index (χ1v) is 3.67. The van der Waals surface area contributed by atoms with Gasteiger partial charge in [-0.2, -0.15) is 0 Å². The van der Waals surface area contributed by atoms with E-state index in [1.807, 2.05) is 0 Å². The van der Waals surface area contributed by atoms with Gasteiger partial charge in [0.15, 0.2) is 0 Å². The van der Waals surface area contributed by atoms with Gasteiger partial charge in [-0.1, -0.05) is 0 Å². The smallest absolute Gasteiger partial charge is 0.897 e. The molecular weight excluding hydrogens is 265 g/mol. The molecule has 9 heteroatoms. The van der Waals surface area contributed by atoms with Crippen LogP contribution in [0, 0.1) is 0 Å². The largest absolute Gasteiger partial charge is 1.00 e. The Kier molecular flexibility index (Phi) is 57.5. The minimum absolute atomic E-state index is 0. The van der Waals surface area contributed by atoms with E-state index < -0.39 is 7.95 Å². The fourth-order valence-corrected chi connectivity index (χ4v) is 0. The van der Waals surface area contributed by atoms with Gasteiger partial charge in [0.25, 0.3) is 0 Å². The van der Waals surface area contributed by atoms with Crippen molar-refractivity contribution in [1.82, 2.24) is 0 Å². The average molecular weight is 265 g/mol. The van der Waals surface area contributed by atoms with Crippen LogP contribution in [-0.2, 0) is 12.1 Å². The first-order chi connectivity index (χ1) is 2.00. The van der Waals surface area contributed by atoms with E-state index in [0.717, 1.165) is 0 Å². The molecule has 0 rings (SSSR count). The molecule has 0 aliphatic rings. The summed E-state index contributed by atoms with van der Waals surface area (Å²) in [6, 6.07) is 0. The zero-order valence-electron chi connectivity index (χ0n) is 6.13. The van der Waals surface area contributed by atoms with Gasteiger partial charge in [0.05, 0.1) is 0 Å². The van der Waals surface area contributed by atoms with Gasteiger partial charge in [0, 0.05) is 0 Å². The van der Waals surface area contributed by atoms with Crippen LogP contribution in [0.25, 0.3) is 0 Å². The second-order valence-electron chi connectivity index (χ2n) is 0.500. The Bertz CT molecular complexity index is 31.3. The van der Waals surface area contributed by atoms with Crippen LogP contribution in [0.1, 0.15) is 0 Å². The normalized spacial score (nSPS) is 6.67. The van der Waals surface area contributed by atoms with E-state index in [2.05, 4.69) is 12.1 Å². The summed E-state index contributed by atoms with van der Waals surface area (Å²) in [7, 11) is -4.78. The summed E-state index contributed by atoms with van der Waals surface area (Å²) in [6.07, 6.45) is 0. The van der Waals surface area contributed by atoms with Crippen molar-refractivity contribution in [2.24, 2.45) is 0 Å². The monoisotopic (exact) mass is 264 g/mol. The molecule has 0 saturated carbocycles. The minimum Gasteiger partial charge on any atom is -0.897 e. The third kappa shape index (κ3) is 51.8. The molecular formula is K4O3SSi. The van der Waals surface area contributed by atoms with Gasteiger partial charge in [-0.25, -0.2) is 0 Å². The molecule has 32 valence electrons. The Morgan fingerprint density at radius 2 is 0.778 bits per heavy atom. The van der Waals surface area contributed by atoms with Crippen LogP contribution in [0.15, 0.2) is 0 Å². The molecule has 3 nitrogen and oxygen atoms in total. The van der Waals surface area contributed by atoms with Gasteiger partial charge >= 0.3 is 206 Å². The molecule has 0 aliphatic heterocycles. The van der Waals surface area contributed by atoms with Gasteiger partial charge in [-0.3, -0.25) is 0 Å². The molecule has 0 spiro atoms. The molecule has 0 bridgehead atoms. The number of rotatable bonds is 0. The molecule has 0 aromatic carbocycles. The Labute approximate surface area is 231 Å². The topological polar surface area (TPSA) is 69.2 Å². The molecule has 0 heterocycles. The van der Waals surface area contributed by atoms with Gasteiger partial charge in [0.1, 0.15) is 0 Å². The first-order valence-electron chi connectivity index (χ1n) is 0.816. The van der Waals surface area contributed by atoms with Crippen LogP contribution >= 0.6 is 0 Å². The van der Waals surface area contributed by atoms with E-state index in [0.29, 0.717) is 0 Å². The van der Waals surface area contributed by atoms with Gasteiger partial charge in [-0.15, -0.1) is 0 Å².